The molecule has 1 aliphatic rings. The Morgan fingerprint density at radius 1 is 1.03 bits per heavy atom. The molecule has 0 saturated heterocycles. The predicted molar refractivity (Wildman–Crippen MR) is 103 cm³/mol. The topological polar surface area (TPSA) is 125 Å². The van der Waals surface area contributed by atoms with Crippen molar-refractivity contribution in [1.29, 1.82) is 0 Å². The van der Waals surface area contributed by atoms with Crippen molar-refractivity contribution in [2.75, 3.05) is 0 Å². The van der Waals surface area contributed by atoms with Gasteiger partial charge in [-0.3, -0.25) is 14.4 Å². The molecular weight excluding hydrogens is 376 g/mol. The largest absolute Gasteiger partial charge is 0.507 e. The third kappa shape index (κ3) is 2.62. The van der Waals surface area contributed by atoms with Gasteiger partial charge in [0.1, 0.15) is 17.1 Å². The van der Waals surface area contributed by atoms with Crippen LogP contribution in [0.1, 0.15) is 63.4 Å². The fraction of sp³-hybridized carbons (Fsp3) is 0.227. The van der Waals surface area contributed by atoms with Gasteiger partial charge in [0.05, 0.1) is 23.1 Å². The molecular formula is C22H18O7. The summed E-state index contributed by atoms with van der Waals surface area (Å²) in [6, 6.07) is 6.60. The van der Waals surface area contributed by atoms with E-state index in [9.17, 15) is 29.7 Å². The van der Waals surface area contributed by atoms with Gasteiger partial charge in [0.15, 0.2) is 16.8 Å². The van der Waals surface area contributed by atoms with Gasteiger partial charge in [0, 0.05) is 17.2 Å². The minimum absolute atomic E-state index is 0.0268. The molecule has 0 saturated carbocycles. The van der Waals surface area contributed by atoms with Crippen molar-refractivity contribution < 1.29 is 29.3 Å². The summed E-state index contributed by atoms with van der Waals surface area (Å²) in [5.74, 6) is -1.61. The lowest BCUT2D eigenvalue weighted by Crippen LogP contribution is -2.25. The van der Waals surface area contributed by atoms with Crippen molar-refractivity contribution in [1.82, 2.24) is 0 Å². The van der Waals surface area contributed by atoms with Gasteiger partial charge < -0.3 is 19.7 Å². The number of benzene rings is 2. The number of aliphatic hydroxyl groups excluding tert-OH is 1. The molecule has 1 heterocycles. The molecule has 0 amide bonds. The Hall–Kier alpha value is -3.29. The second-order valence-electron chi connectivity index (χ2n) is 7.28. The van der Waals surface area contributed by atoms with Crippen LogP contribution in [0.4, 0.5) is 0 Å². The number of rotatable bonds is 3. The Morgan fingerprint density at radius 3 is 2.41 bits per heavy atom. The zero-order valence-electron chi connectivity index (χ0n) is 15.8. The summed E-state index contributed by atoms with van der Waals surface area (Å²) in [6.07, 6.45) is 0.236. The van der Waals surface area contributed by atoms with Crippen LogP contribution in [0.3, 0.4) is 0 Å². The minimum Gasteiger partial charge on any atom is -0.507 e. The minimum atomic E-state index is -1.47. The molecule has 0 bridgehead atoms. The van der Waals surface area contributed by atoms with E-state index in [0.717, 1.165) is 6.07 Å². The van der Waals surface area contributed by atoms with Crippen molar-refractivity contribution in [3.8, 4) is 5.75 Å². The summed E-state index contributed by atoms with van der Waals surface area (Å²) in [6.45, 7) is 2.62. The Morgan fingerprint density at radius 2 is 1.76 bits per heavy atom. The summed E-state index contributed by atoms with van der Waals surface area (Å²) in [5, 5.41) is 30.5. The number of hydrogen-bond donors (Lipinski definition) is 3. The summed E-state index contributed by atoms with van der Waals surface area (Å²) in [4.78, 5) is 39.1. The lowest BCUT2D eigenvalue weighted by atomic mass is 9.81. The summed E-state index contributed by atoms with van der Waals surface area (Å²) in [5.41, 5.74) is -2.40. The van der Waals surface area contributed by atoms with Gasteiger partial charge >= 0.3 is 0 Å². The van der Waals surface area contributed by atoms with E-state index < -0.39 is 29.2 Å². The Balaban J connectivity index is 2.18. The second kappa shape index (κ2) is 6.37. The van der Waals surface area contributed by atoms with Gasteiger partial charge in [-0.1, -0.05) is 19.1 Å². The maximum absolute atomic E-state index is 13.2. The van der Waals surface area contributed by atoms with Crippen molar-refractivity contribution in [3.05, 3.63) is 74.1 Å². The fourth-order valence-electron chi connectivity index (χ4n) is 3.62. The highest BCUT2D eigenvalue weighted by molar-refractivity contribution is 6.32. The van der Waals surface area contributed by atoms with Gasteiger partial charge in [-0.2, -0.15) is 0 Å². The number of aromatic hydroxyl groups is 1. The number of ketones is 2. The van der Waals surface area contributed by atoms with Crippen LogP contribution >= 0.6 is 0 Å². The zero-order chi connectivity index (χ0) is 21.1. The third-order valence-corrected chi connectivity index (χ3v) is 5.46. The van der Waals surface area contributed by atoms with Crippen LogP contribution in [-0.2, 0) is 12.2 Å². The smallest absolute Gasteiger partial charge is 0.202 e. The van der Waals surface area contributed by atoms with E-state index in [1.165, 1.54) is 31.2 Å². The fourth-order valence-corrected chi connectivity index (χ4v) is 3.62. The van der Waals surface area contributed by atoms with Gasteiger partial charge in [-0.15, -0.1) is 0 Å². The number of fused-ring (bicyclic) bond motifs is 4. The highest BCUT2D eigenvalue weighted by Crippen LogP contribution is 2.38. The monoisotopic (exact) mass is 394 g/mol. The summed E-state index contributed by atoms with van der Waals surface area (Å²) >= 11 is 0. The van der Waals surface area contributed by atoms with Gasteiger partial charge in [0.25, 0.3) is 0 Å². The molecule has 0 unspecified atom stereocenters. The Labute approximate surface area is 164 Å². The Bertz CT molecular complexity index is 1260. The van der Waals surface area contributed by atoms with Crippen LogP contribution in [-0.4, -0.2) is 26.9 Å². The molecule has 0 aliphatic heterocycles. The first-order chi connectivity index (χ1) is 13.7. The van der Waals surface area contributed by atoms with E-state index in [1.54, 1.807) is 6.92 Å². The molecule has 29 heavy (non-hydrogen) atoms. The lowest BCUT2D eigenvalue weighted by Gasteiger charge is -2.23. The number of carbonyl (C=O) groups is 2. The quantitative estimate of drug-likeness (QED) is 0.487. The second-order valence-corrected chi connectivity index (χ2v) is 7.28. The highest BCUT2D eigenvalue weighted by Gasteiger charge is 2.36. The van der Waals surface area contributed by atoms with Crippen molar-refractivity contribution >= 4 is 22.5 Å². The predicted octanol–water partition coefficient (Wildman–Crippen LogP) is 2.38. The van der Waals surface area contributed by atoms with Crippen LogP contribution in [0.5, 0.6) is 5.75 Å². The van der Waals surface area contributed by atoms with E-state index >= 15 is 0 Å². The van der Waals surface area contributed by atoms with Crippen LogP contribution in [0.2, 0.25) is 0 Å². The molecule has 1 aliphatic carbocycles. The van der Waals surface area contributed by atoms with E-state index in [4.69, 9.17) is 4.42 Å². The number of phenols is 1. The normalized spacial score (nSPS) is 15.2. The average Bonchev–Trinajstić information content (AvgIpc) is 2.70. The Kier molecular flexibility index (Phi) is 4.18. The molecule has 0 radical (unpaired) electrons. The SMILES string of the molecule is CC[C@](C)(O)c1cc(=O)c2c(CO)cc3c(c2o1)C(=O)c1c(O)cccc1C3=O. The summed E-state index contributed by atoms with van der Waals surface area (Å²) in [7, 11) is 0. The zero-order valence-corrected chi connectivity index (χ0v) is 15.8. The first-order valence-corrected chi connectivity index (χ1v) is 9.10. The van der Waals surface area contributed by atoms with E-state index in [-0.39, 0.29) is 56.7 Å². The molecule has 148 valence electrons. The molecule has 7 heteroatoms. The molecule has 7 nitrogen and oxygen atoms in total. The first-order valence-electron chi connectivity index (χ1n) is 9.10. The molecule has 0 spiro atoms. The highest BCUT2D eigenvalue weighted by atomic mass is 16.4. The molecule has 2 aromatic carbocycles. The number of carbonyl (C=O) groups excluding carboxylic acids is 2. The van der Waals surface area contributed by atoms with Crippen molar-refractivity contribution in [2.24, 2.45) is 0 Å². The van der Waals surface area contributed by atoms with Gasteiger partial charge in [-0.25, -0.2) is 0 Å². The molecule has 3 aromatic rings. The maximum Gasteiger partial charge on any atom is 0.202 e. The summed E-state index contributed by atoms with van der Waals surface area (Å²) < 4.78 is 5.80. The van der Waals surface area contributed by atoms with E-state index in [0.29, 0.717) is 0 Å². The van der Waals surface area contributed by atoms with Gasteiger partial charge in [0.2, 0.25) is 5.78 Å². The standard InChI is InChI=1S/C22H18O7/c1-3-22(2,28)15-8-14(25)16-10(9-23)7-12-18(21(16)29-15)20(27)17-11(19(12)26)5-4-6-13(17)24/h4-8,23-24,28H,3,9H2,1-2H3/t22-/m0/s1. The molecule has 0 fully saturated rings. The van der Waals surface area contributed by atoms with Crippen molar-refractivity contribution in [2.45, 2.75) is 32.5 Å². The van der Waals surface area contributed by atoms with Crippen LogP contribution in [0, 0.1) is 0 Å². The lowest BCUT2D eigenvalue weighted by molar-refractivity contribution is 0.0304. The molecule has 4 rings (SSSR count). The van der Waals surface area contributed by atoms with E-state index in [2.05, 4.69) is 0 Å². The van der Waals surface area contributed by atoms with Crippen LogP contribution in [0.15, 0.2) is 39.5 Å². The number of hydrogen-bond acceptors (Lipinski definition) is 7. The van der Waals surface area contributed by atoms with E-state index in [1.807, 2.05) is 0 Å². The number of aliphatic hydroxyl groups is 2. The van der Waals surface area contributed by atoms with Gasteiger partial charge in [-0.05, 0) is 31.0 Å². The molecule has 3 N–H and O–H groups in total. The van der Waals surface area contributed by atoms with Crippen LogP contribution < -0.4 is 5.43 Å². The average molecular weight is 394 g/mol. The first kappa shape index (κ1) is 19.0. The van der Waals surface area contributed by atoms with Crippen LogP contribution in [0.25, 0.3) is 11.0 Å². The third-order valence-electron chi connectivity index (χ3n) is 5.46. The molecule has 1 aromatic heterocycles. The van der Waals surface area contributed by atoms with Crippen molar-refractivity contribution in [3.63, 3.8) is 0 Å². The maximum atomic E-state index is 13.2. The molecule has 1 atom stereocenters. The number of phenolic OH excluding ortho intramolecular Hbond substituents is 1.